The van der Waals surface area contributed by atoms with Gasteiger partial charge >= 0.3 is 0 Å². The number of halogens is 1. The molecular formula is C14H23ClN2O2. The first-order chi connectivity index (χ1) is 8.79. The largest absolute Gasteiger partial charge is 0.342 e. The first-order valence-corrected chi connectivity index (χ1v) is 7.11. The van der Waals surface area contributed by atoms with E-state index >= 15 is 0 Å². The number of rotatable bonds is 5. The number of carbonyl (C=O) groups excluding carboxylic acids is 2. The molecule has 4 nitrogen and oxygen atoms in total. The summed E-state index contributed by atoms with van der Waals surface area (Å²) in [5, 5.41) is 3.22. The Balaban J connectivity index is 3.04. The molecule has 19 heavy (non-hydrogen) atoms. The maximum absolute atomic E-state index is 12.5. The van der Waals surface area contributed by atoms with Gasteiger partial charge in [-0.1, -0.05) is 52.3 Å². The van der Waals surface area contributed by atoms with Crippen LogP contribution in [0.3, 0.4) is 0 Å². The van der Waals surface area contributed by atoms with Crippen molar-refractivity contribution in [2.24, 2.45) is 11.8 Å². The predicted octanol–water partition coefficient (Wildman–Crippen LogP) is 2.14. The third-order valence-electron chi connectivity index (χ3n) is 3.64. The monoisotopic (exact) mass is 286 g/mol. The van der Waals surface area contributed by atoms with E-state index in [0.29, 0.717) is 5.03 Å². The van der Waals surface area contributed by atoms with E-state index in [0.717, 1.165) is 6.42 Å². The summed E-state index contributed by atoms with van der Waals surface area (Å²) in [6, 6.07) is -0.924. The lowest BCUT2D eigenvalue weighted by Crippen LogP contribution is -2.66. The minimum atomic E-state index is -0.469. The molecule has 0 aliphatic carbocycles. The van der Waals surface area contributed by atoms with Crippen LogP contribution in [0, 0.1) is 11.8 Å². The van der Waals surface area contributed by atoms with Gasteiger partial charge in [-0.15, -0.1) is 0 Å². The molecule has 0 aromatic carbocycles. The number of hydrogen-bond donors (Lipinski definition) is 1. The average molecular weight is 287 g/mol. The van der Waals surface area contributed by atoms with Crippen molar-refractivity contribution in [2.75, 3.05) is 6.54 Å². The highest BCUT2D eigenvalue weighted by Gasteiger charge is 2.43. The normalized spacial score (nSPS) is 25.5. The summed E-state index contributed by atoms with van der Waals surface area (Å²) in [7, 11) is 0. The molecule has 1 N–H and O–H groups in total. The molecule has 2 amide bonds. The molecule has 1 heterocycles. The maximum Gasteiger partial charge on any atom is 0.246 e. The number of nitrogens with one attached hydrogen (secondary N) is 1. The molecule has 1 aliphatic rings. The molecule has 0 aromatic heterocycles. The van der Waals surface area contributed by atoms with E-state index in [1.807, 2.05) is 27.7 Å². The molecule has 3 unspecified atom stereocenters. The van der Waals surface area contributed by atoms with Gasteiger partial charge in [0, 0.05) is 5.03 Å². The van der Waals surface area contributed by atoms with Crippen molar-refractivity contribution in [3.63, 3.8) is 0 Å². The minimum absolute atomic E-state index is 0.0397. The van der Waals surface area contributed by atoms with Crippen LogP contribution in [-0.4, -0.2) is 35.3 Å². The zero-order valence-corrected chi connectivity index (χ0v) is 12.8. The first-order valence-electron chi connectivity index (χ1n) is 6.73. The second-order valence-electron chi connectivity index (χ2n) is 5.54. The third kappa shape index (κ3) is 3.50. The molecular weight excluding hydrogens is 264 g/mol. The van der Waals surface area contributed by atoms with Gasteiger partial charge in [0.1, 0.15) is 12.1 Å². The van der Waals surface area contributed by atoms with E-state index in [1.165, 1.54) is 0 Å². The van der Waals surface area contributed by atoms with Crippen LogP contribution < -0.4 is 5.32 Å². The van der Waals surface area contributed by atoms with Crippen molar-refractivity contribution in [3.05, 3.63) is 11.6 Å². The second kappa shape index (κ2) is 6.42. The number of hydrogen-bond acceptors (Lipinski definition) is 2. The van der Waals surface area contributed by atoms with Gasteiger partial charge in [0.15, 0.2) is 0 Å². The highest BCUT2D eigenvalue weighted by atomic mass is 35.5. The number of carbonyl (C=O) groups is 2. The van der Waals surface area contributed by atoms with E-state index in [1.54, 1.807) is 4.90 Å². The summed E-state index contributed by atoms with van der Waals surface area (Å²) in [4.78, 5) is 26.3. The van der Waals surface area contributed by atoms with Crippen LogP contribution >= 0.6 is 11.6 Å². The molecule has 3 atom stereocenters. The maximum atomic E-state index is 12.5. The molecule has 1 rings (SSSR count). The van der Waals surface area contributed by atoms with Gasteiger partial charge in [0.25, 0.3) is 0 Å². The standard InChI is InChI=1S/C14H23ClN2O2/c1-6-9(4)11-14(19)17(7-10(5)15)12(8(2)3)13(18)16-11/h8-9,11-12H,5-7H2,1-4H3,(H,16,18). The minimum Gasteiger partial charge on any atom is -0.342 e. The van der Waals surface area contributed by atoms with Crippen LogP contribution in [0.4, 0.5) is 0 Å². The molecule has 1 saturated heterocycles. The Hall–Kier alpha value is -1.03. The van der Waals surface area contributed by atoms with E-state index in [4.69, 9.17) is 11.6 Å². The zero-order chi connectivity index (χ0) is 14.7. The third-order valence-corrected chi connectivity index (χ3v) is 3.76. The van der Waals surface area contributed by atoms with Crippen LogP contribution in [-0.2, 0) is 9.59 Å². The summed E-state index contributed by atoms with van der Waals surface area (Å²) in [6.45, 7) is 11.7. The molecule has 1 fully saturated rings. The lowest BCUT2D eigenvalue weighted by Gasteiger charge is -2.42. The van der Waals surface area contributed by atoms with Crippen molar-refractivity contribution in [1.29, 1.82) is 0 Å². The second-order valence-corrected chi connectivity index (χ2v) is 6.08. The SMILES string of the molecule is C=C(Cl)CN1C(=O)C(C(C)CC)NC(=O)C1C(C)C. The van der Waals surface area contributed by atoms with Crippen LogP contribution in [0.5, 0.6) is 0 Å². The van der Waals surface area contributed by atoms with Gasteiger partial charge in [0.2, 0.25) is 11.8 Å². The lowest BCUT2D eigenvalue weighted by atomic mass is 9.91. The fraction of sp³-hybridized carbons (Fsp3) is 0.714. The Kier molecular flexibility index (Phi) is 5.41. The van der Waals surface area contributed by atoms with Gasteiger partial charge in [-0.2, -0.15) is 0 Å². The molecule has 5 heteroatoms. The van der Waals surface area contributed by atoms with Gasteiger partial charge in [-0.05, 0) is 11.8 Å². The van der Waals surface area contributed by atoms with Crippen LogP contribution in [0.2, 0.25) is 0 Å². The van der Waals surface area contributed by atoms with Crippen molar-refractivity contribution in [3.8, 4) is 0 Å². The first kappa shape index (κ1) is 16.0. The summed E-state index contributed by atoms with van der Waals surface area (Å²) in [6.07, 6.45) is 0.832. The quantitative estimate of drug-likeness (QED) is 0.842. The molecule has 0 aromatic rings. The zero-order valence-electron chi connectivity index (χ0n) is 12.1. The van der Waals surface area contributed by atoms with E-state index < -0.39 is 12.1 Å². The Labute approximate surface area is 120 Å². The average Bonchev–Trinajstić information content (AvgIpc) is 2.31. The summed E-state index contributed by atoms with van der Waals surface area (Å²) >= 11 is 5.84. The number of nitrogens with zero attached hydrogens (tertiary/aromatic N) is 1. The van der Waals surface area contributed by atoms with E-state index in [9.17, 15) is 9.59 Å². The summed E-state index contributed by atoms with van der Waals surface area (Å²) < 4.78 is 0. The smallest absolute Gasteiger partial charge is 0.246 e. The number of amides is 2. The van der Waals surface area contributed by atoms with E-state index in [-0.39, 0.29) is 30.2 Å². The van der Waals surface area contributed by atoms with Crippen LogP contribution in [0.25, 0.3) is 0 Å². The fourth-order valence-electron chi connectivity index (χ4n) is 2.40. The summed E-state index contributed by atoms with van der Waals surface area (Å²) in [5.41, 5.74) is 0. The Morgan fingerprint density at radius 3 is 2.42 bits per heavy atom. The topological polar surface area (TPSA) is 49.4 Å². The Morgan fingerprint density at radius 1 is 1.42 bits per heavy atom. The van der Waals surface area contributed by atoms with Crippen molar-refractivity contribution < 1.29 is 9.59 Å². The van der Waals surface area contributed by atoms with Crippen LogP contribution in [0.1, 0.15) is 34.1 Å². The van der Waals surface area contributed by atoms with Gasteiger partial charge < -0.3 is 10.2 Å². The highest BCUT2D eigenvalue weighted by Crippen LogP contribution is 2.23. The highest BCUT2D eigenvalue weighted by molar-refractivity contribution is 6.29. The molecule has 0 bridgehead atoms. The Morgan fingerprint density at radius 2 is 2.00 bits per heavy atom. The predicted molar refractivity (Wildman–Crippen MR) is 76.7 cm³/mol. The molecule has 0 spiro atoms. The van der Waals surface area contributed by atoms with Crippen molar-refractivity contribution >= 4 is 23.4 Å². The van der Waals surface area contributed by atoms with Crippen molar-refractivity contribution in [2.45, 2.75) is 46.2 Å². The van der Waals surface area contributed by atoms with Crippen LogP contribution in [0.15, 0.2) is 11.6 Å². The van der Waals surface area contributed by atoms with Crippen molar-refractivity contribution in [1.82, 2.24) is 10.2 Å². The molecule has 108 valence electrons. The van der Waals surface area contributed by atoms with Gasteiger partial charge in [-0.3, -0.25) is 9.59 Å². The Bertz CT molecular complexity index is 382. The molecule has 1 aliphatic heterocycles. The number of piperazine rings is 1. The lowest BCUT2D eigenvalue weighted by molar-refractivity contribution is -0.152. The van der Waals surface area contributed by atoms with Gasteiger partial charge in [0.05, 0.1) is 6.54 Å². The van der Waals surface area contributed by atoms with E-state index in [2.05, 4.69) is 11.9 Å². The van der Waals surface area contributed by atoms with Gasteiger partial charge in [-0.25, -0.2) is 0 Å². The fourth-order valence-corrected chi connectivity index (χ4v) is 2.53. The molecule has 0 saturated carbocycles. The summed E-state index contributed by atoms with van der Waals surface area (Å²) in [5.74, 6) is -0.0132. The molecule has 0 radical (unpaired) electrons.